The smallest absolute Gasteiger partial charge is 0.197 e. The SMILES string of the molecule is CN1CCC2=C(CC(=O)S2)C1. The van der Waals surface area contributed by atoms with Gasteiger partial charge in [0.1, 0.15) is 0 Å². The Morgan fingerprint density at radius 1 is 1.55 bits per heavy atom. The monoisotopic (exact) mass is 169 g/mol. The summed E-state index contributed by atoms with van der Waals surface area (Å²) in [6, 6.07) is 0. The van der Waals surface area contributed by atoms with Gasteiger partial charge in [-0.25, -0.2) is 0 Å². The summed E-state index contributed by atoms with van der Waals surface area (Å²) in [5, 5.41) is 0.338. The molecular formula is C8H11NOS. The topological polar surface area (TPSA) is 20.3 Å². The second kappa shape index (κ2) is 2.64. The van der Waals surface area contributed by atoms with Gasteiger partial charge in [0.15, 0.2) is 5.12 Å². The van der Waals surface area contributed by atoms with E-state index >= 15 is 0 Å². The molecule has 2 aliphatic rings. The number of hydrogen-bond acceptors (Lipinski definition) is 3. The molecule has 0 unspecified atom stereocenters. The molecular weight excluding hydrogens is 158 g/mol. The van der Waals surface area contributed by atoms with Crippen LogP contribution in [0.25, 0.3) is 0 Å². The Morgan fingerprint density at radius 3 is 3.18 bits per heavy atom. The summed E-state index contributed by atoms with van der Waals surface area (Å²) >= 11 is 1.47. The Morgan fingerprint density at radius 2 is 2.36 bits per heavy atom. The lowest BCUT2D eigenvalue weighted by Gasteiger charge is -2.22. The average Bonchev–Trinajstić information content (AvgIpc) is 2.27. The molecule has 2 aliphatic heterocycles. The Kier molecular flexibility index (Phi) is 1.77. The zero-order valence-corrected chi connectivity index (χ0v) is 7.41. The van der Waals surface area contributed by atoms with Crippen LogP contribution in [0.5, 0.6) is 0 Å². The van der Waals surface area contributed by atoms with Crippen LogP contribution >= 0.6 is 11.8 Å². The van der Waals surface area contributed by atoms with Crippen molar-refractivity contribution in [3.8, 4) is 0 Å². The van der Waals surface area contributed by atoms with Crippen molar-refractivity contribution in [3.05, 3.63) is 10.5 Å². The number of thioether (sulfide) groups is 1. The van der Waals surface area contributed by atoms with Crippen molar-refractivity contribution in [2.24, 2.45) is 0 Å². The highest BCUT2D eigenvalue weighted by molar-refractivity contribution is 8.17. The van der Waals surface area contributed by atoms with E-state index in [1.54, 1.807) is 0 Å². The van der Waals surface area contributed by atoms with Crippen LogP contribution in [-0.2, 0) is 4.79 Å². The zero-order valence-electron chi connectivity index (χ0n) is 6.59. The lowest BCUT2D eigenvalue weighted by Crippen LogP contribution is -2.26. The first kappa shape index (κ1) is 7.37. The van der Waals surface area contributed by atoms with E-state index in [4.69, 9.17) is 0 Å². The van der Waals surface area contributed by atoms with E-state index in [0.29, 0.717) is 11.5 Å². The van der Waals surface area contributed by atoms with Gasteiger partial charge in [0.05, 0.1) is 0 Å². The molecule has 0 aliphatic carbocycles. The highest BCUT2D eigenvalue weighted by Crippen LogP contribution is 2.37. The van der Waals surface area contributed by atoms with E-state index < -0.39 is 0 Å². The van der Waals surface area contributed by atoms with E-state index in [-0.39, 0.29) is 0 Å². The summed E-state index contributed by atoms with van der Waals surface area (Å²) in [6.07, 6.45) is 1.78. The third-order valence-electron chi connectivity index (χ3n) is 2.17. The maximum Gasteiger partial charge on any atom is 0.197 e. The van der Waals surface area contributed by atoms with Crippen molar-refractivity contribution in [3.63, 3.8) is 0 Å². The van der Waals surface area contributed by atoms with Gasteiger partial charge >= 0.3 is 0 Å². The van der Waals surface area contributed by atoms with Crippen LogP contribution in [0.1, 0.15) is 12.8 Å². The fraction of sp³-hybridized carbons (Fsp3) is 0.625. The predicted octanol–water partition coefficient (Wildman–Crippen LogP) is 1.24. The number of hydrogen-bond donors (Lipinski definition) is 0. The normalized spacial score (nSPS) is 26.1. The lowest BCUT2D eigenvalue weighted by molar-refractivity contribution is -0.110. The molecule has 0 aromatic rings. The Hall–Kier alpha value is -0.280. The van der Waals surface area contributed by atoms with Crippen LogP contribution in [-0.4, -0.2) is 30.2 Å². The minimum atomic E-state index is 0.338. The van der Waals surface area contributed by atoms with Crippen molar-refractivity contribution in [2.45, 2.75) is 12.8 Å². The van der Waals surface area contributed by atoms with Crippen LogP contribution < -0.4 is 0 Å². The molecule has 0 N–H and O–H groups in total. The van der Waals surface area contributed by atoms with Crippen LogP contribution in [0.4, 0.5) is 0 Å². The first-order valence-corrected chi connectivity index (χ1v) is 4.67. The van der Waals surface area contributed by atoms with Crippen molar-refractivity contribution in [1.29, 1.82) is 0 Å². The highest BCUT2D eigenvalue weighted by Gasteiger charge is 2.26. The van der Waals surface area contributed by atoms with Crippen molar-refractivity contribution >= 4 is 16.9 Å². The molecule has 0 atom stereocenters. The fourth-order valence-electron chi connectivity index (χ4n) is 1.59. The summed E-state index contributed by atoms with van der Waals surface area (Å²) in [7, 11) is 2.11. The molecule has 0 saturated heterocycles. The van der Waals surface area contributed by atoms with Crippen LogP contribution in [0.15, 0.2) is 10.5 Å². The van der Waals surface area contributed by atoms with E-state index in [1.807, 2.05) is 0 Å². The van der Waals surface area contributed by atoms with Gasteiger partial charge in [-0.3, -0.25) is 4.79 Å². The molecule has 11 heavy (non-hydrogen) atoms. The second-order valence-electron chi connectivity index (χ2n) is 3.17. The molecule has 2 rings (SSSR count). The van der Waals surface area contributed by atoms with Gasteiger partial charge in [0.25, 0.3) is 0 Å². The van der Waals surface area contributed by atoms with Crippen molar-refractivity contribution < 1.29 is 4.79 Å². The Balaban J connectivity index is 2.16. The number of carbonyl (C=O) groups is 1. The third-order valence-corrected chi connectivity index (χ3v) is 3.28. The van der Waals surface area contributed by atoms with Crippen LogP contribution in [0.2, 0.25) is 0 Å². The molecule has 0 amide bonds. The molecule has 0 bridgehead atoms. The quantitative estimate of drug-likeness (QED) is 0.544. The molecule has 0 aromatic heterocycles. The zero-order chi connectivity index (χ0) is 7.84. The molecule has 0 radical (unpaired) electrons. The van der Waals surface area contributed by atoms with E-state index in [2.05, 4.69) is 11.9 Å². The fourth-order valence-corrected chi connectivity index (χ4v) is 2.58. The third kappa shape index (κ3) is 1.35. The molecule has 2 heterocycles. The molecule has 0 spiro atoms. The standard InChI is InChI=1S/C8H11NOS/c1-9-3-2-7-6(5-9)4-8(10)11-7/h2-5H2,1H3. The molecule has 60 valence electrons. The Labute approximate surface area is 70.6 Å². The molecule has 0 aromatic carbocycles. The summed E-state index contributed by atoms with van der Waals surface area (Å²) in [6.45, 7) is 2.12. The second-order valence-corrected chi connectivity index (χ2v) is 4.32. The Bertz CT molecular complexity index is 234. The van der Waals surface area contributed by atoms with Crippen molar-refractivity contribution in [1.82, 2.24) is 4.90 Å². The van der Waals surface area contributed by atoms with E-state index in [9.17, 15) is 4.79 Å². The maximum absolute atomic E-state index is 11.0. The van der Waals surface area contributed by atoms with Crippen LogP contribution in [0.3, 0.4) is 0 Å². The maximum atomic E-state index is 11.0. The average molecular weight is 169 g/mol. The molecule has 0 saturated carbocycles. The van der Waals surface area contributed by atoms with Gasteiger partial charge in [0.2, 0.25) is 0 Å². The lowest BCUT2D eigenvalue weighted by atomic mass is 10.1. The highest BCUT2D eigenvalue weighted by atomic mass is 32.2. The van der Waals surface area contributed by atoms with Gasteiger partial charge in [-0.15, -0.1) is 0 Å². The first-order valence-electron chi connectivity index (χ1n) is 3.86. The van der Waals surface area contributed by atoms with Crippen molar-refractivity contribution in [2.75, 3.05) is 20.1 Å². The number of likely N-dealkylation sites (N-methyl/N-ethyl adjacent to an activating group) is 1. The minimum Gasteiger partial charge on any atom is -0.302 e. The molecule has 3 heteroatoms. The molecule has 0 fully saturated rings. The minimum absolute atomic E-state index is 0.338. The first-order chi connectivity index (χ1) is 5.25. The number of nitrogens with zero attached hydrogens (tertiary/aromatic N) is 1. The predicted molar refractivity (Wildman–Crippen MR) is 46.4 cm³/mol. The summed E-state index contributed by atoms with van der Waals surface area (Å²) in [5.41, 5.74) is 1.37. The van der Waals surface area contributed by atoms with Gasteiger partial charge in [-0.2, -0.15) is 0 Å². The summed E-state index contributed by atoms with van der Waals surface area (Å²) in [4.78, 5) is 14.6. The summed E-state index contributed by atoms with van der Waals surface area (Å²) in [5.74, 6) is 0. The van der Waals surface area contributed by atoms with Gasteiger partial charge in [-0.1, -0.05) is 11.8 Å². The van der Waals surface area contributed by atoms with Gasteiger partial charge < -0.3 is 4.90 Å². The van der Waals surface area contributed by atoms with E-state index in [1.165, 1.54) is 22.2 Å². The number of rotatable bonds is 0. The summed E-state index contributed by atoms with van der Waals surface area (Å²) < 4.78 is 0. The largest absolute Gasteiger partial charge is 0.302 e. The number of carbonyl (C=O) groups excluding carboxylic acids is 1. The van der Waals surface area contributed by atoms with Gasteiger partial charge in [0, 0.05) is 19.5 Å². The van der Waals surface area contributed by atoms with Crippen LogP contribution in [0, 0.1) is 0 Å². The van der Waals surface area contributed by atoms with E-state index in [0.717, 1.165) is 19.5 Å². The molecule has 2 nitrogen and oxygen atoms in total. The van der Waals surface area contributed by atoms with Gasteiger partial charge in [-0.05, 0) is 23.9 Å².